The number of aliphatic hydroxyl groups is 1. The molecule has 0 aliphatic rings. The van der Waals surface area contributed by atoms with E-state index < -0.39 is 6.10 Å². The molecule has 0 bridgehead atoms. The van der Waals surface area contributed by atoms with E-state index in [2.05, 4.69) is 25.2 Å². The maximum atomic E-state index is 10.2. The summed E-state index contributed by atoms with van der Waals surface area (Å²) in [5.41, 5.74) is 1.56. The molecule has 0 heterocycles. The van der Waals surface area contributed by atoms with E-state index in [0.717, 1.165) is 12.2 Å². The van der Waals surface area contributed by atoms with Crippen LogP contribution < -0.4 is 14.8 Å². The lowest BCUT2D eigenvalue weighted by Crippen LogP contribution is -2.46. The SMILES string of the molecule is COc1ccc(CC(C)(C)NCC(O)COc2cccc(C#N)c2)cc1.Cl. The van der Waals surface area contributed by atoms with Gasteiger partial charge in [0.15, 0.2) is 0 Å². The molecule has 0 spiro atoms. The van der Waals surface area contributed by atoms with Gasteiger partial charge >= 0.3 is 0 Å². The average Bonchev–Trinajstić information content (AvgIpc) is 2.65. The minimum absolute atomic E-state index is 0. The fourth-order valence-electron chi connectivity index (χ4n) is 2.62. The second kappa shape index (κ2) is 10.8. The highest BCUT2D eigenvalue weighted by molar-refractivity contribution is 5.85. The lowest BCUT2D eigenvalue weighted by atomic mass is 9.94. The maximum absolute atomic E-state index is 10.2. The van der Waals surface area contributed by atoms with E-state index in [1.807, 2.05) is 24.3 Å². The number of hydrogen-bond donors (Lipinski definition) is 2. The van der Waals surface area contributed by atoms with Gasteiger partial charge in [-0.25, -0.2) is 0 Å². The summed E-state index contributed by atoms with van der Waals surface area (Å²) in [5.74, 6) is 1.42. The van der Waals surface area contributed by atoms with E-state index in [0.29, 0.717) is 17.9 Å². The second-order valence-electron chi connectivity index (χ2n) is 6.89. The molecule has 0 aliphatic carbocycles. The van der Waals surface area contributed by atoms with Crippen LogP contribution in [0, 0.1) is 11.3 Å². The summed E-state index contributed by atoms with van der Waals surface area (Å²) >= 11 is 0. The van der Waals surface area contributed by atoms with Gasteiger partial charge in [-0.1, -0.05) is 18.2 Å². The molecule has 2 aromatic carbocycles. The Balaban J connectivity index is 0.00000364. The van der Waals surface area contributed by atoms with Gasteiger partial charge in [-0.15, -0.1) is 12.4 Å². The van der Waals surface area contributed by atoms with Crippen molar-refractivity contribution in [3.8, 4) is 17.6 Å². The Morgan fingerprint density at radius 2 is 1.85 bits per heavy atom. The van der Waals surface area contributed by atoms with Crippen molar-refractivity contribution in [3.05, 3.63) is 59.7 Å². The summed E-state index contributed by atoms with van der Waals surface area (Å²) in [6.45, 7) is 4.78. The summed E-state index contributed by atoms with van der Waals surface area (Å²) in [5, 5.41) is 22.4. The monoisotopic (exact) mass is 390 g/mol. The van der Waals surface area contributed by atoms with E-state index in [1.165, 1.54) is 5.56 Å². The zero-order valence-corrected chi connectivity index (χ0v) is 16.8. The van der Waals surface area contributed by atoms with Crippen molar-refractivity contribution in [2.45, 2.75) is 31.9 Å². The number of halogens is 1. The van der Waals surface area contributed by atoms with E-state index in [-0.39, 0.29) is 24.6 Å². The molecule has 0 fully saturated rings. The maximum Gasteiger partial charge on any atom is 0.120 e. The van der Waals surface area contributed by atoms with Gasteiger partial charge in [0.1, 0.15) is 24.2 Å². The van der Waals surface area contributed by atoms with Gasteiger partial charge in [0.2, 0.25) is 0 Å². The van der Waals surface area contributed by atoms with Crippen molar-refractivity contribution in [2.75, 3.05) is 20.3 Å². The Hall–Kier alpha value is -2.26. The molecule has 2 rings (SSSR count). The van der Waals surface area contributed by atoms with Crippen LogP contribution in [0.25, 0.3) is 0 Å². The fraction of sp³-hybridized carbons (Fsp3) is 0.381. The van der Waals surface area contributed by atoms with Gasteiger partial charge in [0.25, 0.3) is 0 Å². The van der Waals surface area contributed by atoms with Gasteiger partial charge < -0.3 is 19.9 Å². The first-order valence-electron chi connectivity index (χ1n) is 8.61. The predicted octanol–water partition coefficient (Wildman–Crippen LogP) is 3.34. The third-order valence-corrected chi connectivity index (χ3v) is 4.03. The number of nitrogens with zero attached hydrogens (tertiary/aromatic N) is 1. The van der Waals surface area contributed by atoms with E-state index in [9.17, 15) is 5.11 Å². The van der Waals surface area contributed by atoms with Gasteiger partial charge in [-0.3, -0.25) is 0 Å². The van der Waals surface area contributed by atoms with Gasteiger partial charge in [0, 0.05) is 12.1 Å². The van der Waals surface area contributed by atoms with Gasteiger partial charge in [0.05, 0.1) is 18.7 Å². The minimum Gasteiger partial charge on any atom is -0.497 e. The number of ether oxygens (including phenoxy) is 2. The fourth-order valence-corrected chi connectivity index (χ4v) is 2.62. The van der Waals surface area contributed by atoms with Crippen LogP contribution in [0.1, 0.15) is 25.0 Å². The normalized spacial score (nSPS) is 11.8. The molecule has 0 aliphatic heterocycles. The van der Waals surface area contributed by atoms with Crippen molar-refractivity contribution in [1.82, 2.24) is 5.32 Å². The van der Waals surface area contributed by atoms with Crippen LogP contribution in [-0.4, -0.2) is 37.0 Å². The lowest BCUT2D eigenvalue weighted by Gasteiger charge is -2.28. The Kier molecular flexibility index (Phi) is 9.10. The van der Waals surface area contributed by atoms with Gasteiger partial charge in [-0.2, -0.15) is 5.26 Å². The molecule has 6 heteroatoms. The van der Waals surface area contributed by atoms with E-state index >= 15 is 0 Å². The number of β-amino-alcohol motifs (C(OH)–C–C–N with tert-alkyl or cyclic N) is 1. The topological polar surface area (TPSA) is 74.5 Å². The van der Waals surface area contributed by atoms with Crippen LogP contribution in [0.2, 0.25) is 0 Å². The Labute approximate surface area is 167 Å². The summed E-state index contributed by atoms with van der Waals surface area (Å²) in [4.78, 5) is 0. The predicted molar refractivity (Wildman–Crippen MR) is 109 cm³/mol. The number of rotatable bonds is 9. The molecule has 0 saturated heterocycles. The van der Waals surface area contributed by atoms with Crippen LogP contribution >= 0.6 is 12.4 Å². The van der Waals surface area contributed by atoms with Crippen LogP contribution in [0.3, 0.4) is 0 Å². The highest BCUT2D eigenvalue weighted by atomic mass is 35.5. The van der Waals surface area contributed by atoms with Crippen LogP contribution in [-0.2, 0) is 6.42 Å². The Morgan fingerprint density at radius 1 is 1.15 bits per heavy atom. The average molecular weight is 391 g/mol. The van der Waals surface area contributed by atoms with Crippen molar-refractivity contribution < 1.29 is 14.6 Å². The molecule has 2 aromatic rings. The Morgan fingerprint density at radius 3 is 2.48 bits per heavy atom. The minimum atomic E-state index is -0.643. The van der Waals surface area contributed by atoms with Crippen molar-refractivity contribution in [1.29, 1.82) is 5.26 Å². The zero-order valence-electron chi connectivity index (χ0n) is 15.9. The molecule has 1 atom stereocenters. The number of aliphatic hydroxyl groups excluding tert-OH is 1. The number of nitriles is 1. The largest absolute Gasteiger partial charge is 0.497 e. The molecule has 0 aromatic heterocycles. The van der Waals surface area contributed by atoms with Gasteiger partial charge in [-0.05, 0) is 56.2 Å². The van der Waals surface area contributed by atoms with E-state index in [1.54, 1.807) is 31.4 Å². The quantitative estimate of drug-likeness (QED) is 0.686. The number of methoxy groups -OCH3 is 1. The molecule has 0 saturated carbocycles. The molecular weight excluding hydrogens is 364 g/mol. The summed E-state index contributed by atoms with van der Waals surface area (Å²) in [6, 6.07) is 17.0. The summed E-state index contributed by atoms with van der Waals surface area (Å²) < 4.78 is 10.7. The number of nitrogens with one attached hydrogen (secondary N) is 1. The van der Waals surface area contributed by atoms with Crippen LogP contribution in [0.5, 0.6) is 11.5 Å². The lowest BCUT2D eigenvalue weighted by molar-refractivity contribution is 0.0988. The first-order valence-corrected chi connectivity index (χ1v) is 8.61. The molecule has 5 nitrogen and oxygen atoms in total. The van der Waals surface area contributed by atoms with E-state index in [4.69, 9.17) is 14.7 Å². The highest BCUT2D eigenvalue weighted by Gasteiger charge is 2.19. The smallest absolute Gasteiger partial charge is 0.120 e. The standard InChI is InChI=1S/C21H26N2O3.ClH/c1-21(2,12-16-7-9-19(25-3)10-8-16)23-14-18(24)15-26-20-6-4-5-17(11-20)13-22;/h4-11,18,23-24H,12,14-15H2,1-3H3;1H. The van der Waals surface area contributed by atoms with Crippen molar-refractivity contribution in [3.63, 3.8) is 0 Å². The van der Waals surface area contributed by atoms with Crippen molar-refractivity contribution in [2.24, 2.45) is 0 Å². The Bertz CT molecular complexity index is 742. The number of hydrogen-bond acceptors (Lipinski definition) is 5. The molecule has 1 unspecified atom stereocenters. The third kappa shape index (κ3) is 7.88. The second-order valence-corrected chi connectivity index (χ2v) is 6.89. The summed E-state index contributed by atoms with van der Waals surface area (Å²) in [6.07, 6.45) is 0.185. The first kappa shape index (κ1) is 22.8. The molecule has 27 heavy (non-hydrogen) atoms. The highest BCUT2D eigenvalue weighted by Crippen LogP contribution is 2.17. The molecule has 146 valence electrons. The number of benzene rings is 2. The molecule has 2 N–H and O–H groups in total. The molecule has 0 radical (unpaired) electrons. The molecule has 0 amide bonds. The summed E-state index contributed by atoms with van der Waals surface area (Å²) in [7, 11) is 1.65. The first-order chi connectivity index (χ1) is 12.4. The molecular formula is C21H27ClN2O3. The van der Waals surface area contributed by atoms with Crippen LogP contribution in [0.4, 0.5) is 0 Å². The van der Waals surface area contributed by atoms with Crippen molar-refractivity contribution >= 4 is 12.4 Å². The zero-order chi connectivity index (χ0) is 19.0. The third-order valence-electron chi connectivity index (χ3n) is 4.03. The van der Waals surface area contributed by atoms with Crippen LogP contribution in [0.15, 0.2) is 48.5 Å².